The molecule has 0 aliphatic carbocycles. The summed E-state index contributed by atoms with van der Waals surface area (Å²) in [7, 11) is 0. The van der Waals surface area contributed by atoms with Gasteiger partial charge >= 0.3 is 0 Å². The Morgan fingerprint density at radius 2 is 1.79 bits per heavy atom. The molecule has 1 aromatic heterocycles. The highest BCUT2D eigenvalue weighted by Crippen LogP contribution is 2.30. The third-order valence-electron chi connectivity index (χ3n) is 3.39. The molecule has 0 saturated heterocycles. The van der Waals surface area contributed by atoms with Crippen LogP contribution in [0.4, 0.5) is 0 Å². The summed E-state index contributed by atoms with van der Waals surface area (Å²) in [6.07, 6.45) is 0.504. The molecule has 0 radical (unpaired) electrons. The highest BCUT2D eigenvalue weighted by atomic mass is 32.1. The van der Waals surface area contributed by atoms with Gasteiger partial charge < -0.3 is 5.11 Å². The normalized spacial score (nSPS) is 12.7. The van der Waals surface area contributed by atoms with Crippen molar-refractivity contribution in [2.24, 2.45) is 0 Å². The van der Waals surface area contributed by atoms with E-state index in [4.69, 9.17) is 0 Å². The van der Waals surface area contributed by atoms with E-state index in [1.807, 2.05) is 24.3 Å². The minimum absolute atomic E-state index is 0.519. The van der Waals surface area contributed by atoms with Crippen LogP contribution in [0.15, 0.2) is 54.6 Å². The Balaban J connectivity index is 1.98. The number of thiophene rings is 1. The maximum atomic E-state index is 10.5. The average Bonchev–Trinajstić information content (AvgIpc) is 2.95. The zero-order valence-electron chi connectivity index (χ0n) is 10.8. The van der Waals surface area contributed by atoms with Crippen molar-refractivity contribution in [2.75, 3.05) is 0 Å². The van der Waals surface area contributed by atoms with E-state index in [9.17, 15) is 5.11 Å². The Labute approximate surface area is 117 Å². The standard InChI is InChI=1S/C17H16OS/c1-2-15-9-10-16(19-15)17(18)14-8-7-12-5-3-4-6-13(12)11-14/h3-11,17-18H,2H2,1H3. The molecule has 0 aliphatic rings. The molecule has 3 rings (SSSR count). The fourth-order valence-corrected chi connectivity index (χ4v) is 3.24. The molecule has 2 heteroatoms. The smallest absolute Gasteiger partial charge is 0.113 e. The van der Waals surface area contributed by atoms with E-state index in [2.05, 4.69) is 37.3 Å². The lowest BCUT2D eigenvalue weighted by Gasteiger charge is -2.10. The van der Waals surface area contributed by atoms with Crippen molar-refractivity contribution in [1.29, 1.82) is 0 Å². The molecule has 3 aromatic rings. The van der Waals surface area contributed by atoms with Crippen molar-refractivity contribution in [3.8, 4) is 0 Å². The zero-order valence-corrected chi connectivity index (χ0v) is 11.7. The van der Waals surface area contributed by atoms with E-state index in [1.165, 1.54) is 15.6 Å². The molecule has 0 amide bonds. The van der Waals surface area contributed by atoms with Crippen LogP contribution in [0.1, 0.15) is 28.3 Å². The molecular formula is C17H16OS. The molecule has 1 atom stereocenters. The molecule has 0 aliphatic heterocycles. The van der Waals surface area contributed by atoms with Crippen LogP contribution in [-0.4, -0.2) is 5.11 Å². The second-order valence-electron chi connectivity index (χ2n) is 4.67. The highest BCUT2D eigenvalue weighted by molar-refractivity contribution is 7.12. The van der Waals surface area contributed by atoms with Crippen molar-refractivity contribution in [3.63, 3.8) is 0 Å². The number of benzene rings is 2. The quantitative estimate of drug-likeness (QED) is 0.739. The Kier molecular flexibility index (Phi) is 3.36. The molecule has 0 saturated carbocycles. The van der Waals surface area contributed by atoms with Crippen LogP contribution in [0.2, 0.25) is 0 Å². The molecule has 1 heterocycles. The molecule has 19 heavy (non-hydrogen) atoms. The summed E-state index contributed by atoms with van der Waals surface area (Å²) in [6.45, 7) is 2.14. The number of aliphatic hydroxyl groups is 1. The van der Waals surface area contributed by atoms with Gasteiger partial charge in [-0.3, -0.25) is 0 Å². The summed E-state index contributed by atoms with van der Waals surface area (Å²) < 4.78 is 0. The molecule has 1 unspecified atom stereocenters. The van der Waals surface area contributed by atoms with Gasteiger partial charge in [-0.15, -0.1) is 11.3 Å². The first kappa shape index (κ1) is 12.4. The number of hydrogen-bond donors (Lipinski definition) is 1. The van der Waals surface area contributed by atoms with E-state index in [1.54, 1.807) is 11.3 Å². The van der Waals surface area contributed by atoms with Crippen LogP contribution in [-0.2, 0) is 6.42 Å². The molecule has 1 nitrogen and oxygen atoms in total. The van der Waals surface area contributed by atoms with Crippen molar-refractivity contribution in [3.05, 3.63) is 69.9 Å². The predicted molar refractivity (Wildman–Crippen MR) is 81.7 cm³/mol. The summed E-state index contributed by atoms with van der Waals surface area (Å²) in [5.41, 5.74) is 0.961. The average molecular weight is 268 g/mol. The van der Waals surface area contributed by atoms with Gasteiger partial charge in [-0.2, -0.15) is 0 Å². The van der Waals surface area contributed by atoms with Crippen LogP contribution in [0.25, 0.3) is 10.8 Å². The first-order valence-corrected chi connectivity index (χ1v) is 7.35. The second-order valence-corrected chi connectivity index (χ2v) is 5.87. The summed E-state index contributed by atoms with van der Waals surface area (Å²) in [4.78, 5) is 2.34. The van der Waals surface area contributed by atoms with Gasteiger partial charge in [0.25, 0.3) is 0 Å². The molecular weight excluding hydrogens is 252 g/mol. The monoisotopic (exact) mass is 268 g/mol. The summed E-state index contributed by atoms with van der Waals surface area (Å²) >= 11 is 1.69. The molecule has 0 fully saturated rings. The van der Waals surface area contributed by atoms with Gasteiger partial charge in [0.05, 0.1) is 0 Å². The summed E-state index contributed by atoms with van der Waals surface area (Å²) in [5.74, 6) is 0. The van der Waals surface area contributed by atoms with E-state index in [0.29, 0.717) is 0 Å². The van der Waals surface area contributed by atoms with Crippen molar-refractivity contribution in [2.45, 2.75) is 19.4 Å². The van der Waals surface area contributed by atoms with Gasteiger partial charge in [-0.25, -0.2) is 0 Å². The van der Waals surface area contributed by atoms with Gasteiger partial charge in [-0.1, -0.05) is 43.3 Å². The fraction of sp³-hybridized carbons (Fsp3) is 0.176. The van der Waals surface area contributed by atoms with Gasteiger partial charge in [-0.05, 0) is 41.0 Å². The lowest BCUT2D eigenvalue weighted by Crippen LogP contribution is -1.96. The minimum atomic E-state index is -0.519. The van der Waals surface area contributed by atoms with Gasteiger partial charge in [0.1, 0.15) is 6.10 Å². The van der Waals surface area contributed by atoms with E-state index < -0.39 is 6.10 Å². The SMILES string of the molecule is CCc1ccc(C(O)c2ccc3ccccc3c2)s1. The summed E-state index contributed by atoms with van der Waals surface area (Å²) in [6, 6.07) is 18.5. The predicted octanol–water partition coefficient (Wildman–Crippen LogP) is 4.55. The molecule has 1 N–H and O–H groups in total. The van der Waals surface area contributed by atoms with E-state index >= 15 is 0 Å². The summed E-state index contributed by atoms with van der Waals surface area (Å²) in [5, 5.41) is 12.9. The van der Waals surface area contributed by atoms with Gasteiger partial charge in [0.2, 0.25) is 0 Å². The Hall–Kier alpha value is -1.64. The third kappa shape index (κ3) is 2.42. The number of aryl methyl sites for hydroxylation is 1. The van der Waals surface area contributed by atoms with Crippen LogP contribution < -0.4 is 0 Å². The van der Waals surface area contributed by atoms with Crippen molar-refractivity contribution < 1.29 is 5.11 Å². The molecule has 0 bridgehead atoms. The largest absolute Gasteiger partial charge is 0.383 e. The zero-order chi connectivity index (χ0) is 13.2. The van der Waals surface area contributed by atoms with Crippen LogP contribution in [0.3, 0.4) is 0 Å². The molecule has 2 aromatic carbocycles. The first-order valence-electron chi connectivity index (χ1n) is 6.53. The van der Waals surface area contributed by atoms with Crippen molar-refractivity contribution >= 4 is 22.1 Å². The number of hydrogen-bond acceptors (Lipinski definition) is 2. The first-order chi connectivity index (χ1) is 9.28. The molecule has 96 valence electrons. The fourth-order valence-electron chi connectivity index (χ4n) is 2.27. The minimum Gasteiger partial charge on any atom is -0.383 e. The van der Waals surface area contributed by atoms with Crippen LogP contribution in [0.5, 0.6) is 0 Å². The van der Waals surface area contributed by atoms with Crippen LogP contribution in [0, 0.1) is 0 Å². The highest BCUT2D eigenvalue weighted by Gasteiger charge is 2.13. The Morgan fingerprint density at radius 3 is 2.53 bits per heavy atom. The lowest BCUT2D eigenvalue weighted by atomic mass is 10.0. The van der Waals surface area contributed by atoms with Crippen LogP contribution >= 0.6 is 11.3 Å². The maximum Gasteiger partial charge on any atom is 0.113 e. The second kappa shape index (κ2) is 5.16. The van der Waals surface area contributed by atoms with Gasteiger partial charge in [0.15, 0.2) is 0 Å². The lowest BCUT2D eigenvalue weighted by molar-refractivity contribution is 0.224. The van der Waals surface area contributed by atoms with Gasteiger partial charge in [0, 0.05) is 9.75 Å². The molecule has 0 spiro atoms. The van der Waals surface area contributed by atoms with Crippen molar-refractivity contribution in [1.82, 2.24) is 0 Å². The number of rotatable bonds is 3. The Morgan fingerprint density at radius 1 is 1.00 bits per heavy atom. The topological polar surface area (TPSA) is 20.2 Å². The third-order valence-corrected chi connectivity index (χ3v) is 4.67. The van der Waals surface area contributed by atoms with E-state index in [0.717, 1.165) is 16.9 Å². The maximum absolute atomic E-state index is 10.5. The van der Waals surface area contributed by atoms with E-state index in [-0.39, 0.29) is 0 Å². The number of aliphatic hydroxyl groups excluding tert-OH is 1. The Bertz CT molecular complexity index is 699. The number of fused-ring (bicyclic) bond motifs is 1.